The number of hydrogen-bond acceptors (Lipinski definition) is 8. The molecule has 35 heavy (non-hydrogen) atoms. The maximum absolute atomic E-state index is 12.9. The number of carbonyl (C=O) groups excluding carboxylic acids is 1. The van der Waals surface area contributed by atoms with Crippen molar-refractivity contribution in [1.82, 2.24) is 4.90 Å². The summed E-state index contributed by atoms with van der Waals surface area (Å²) >= 11 is 1.47. The molecule has 2 N–H and O–H groups in total. The molecule has 2 saturated heterocycles. The van der Waals surface area contributed by atoms with Crippen LogP contribution in [0.1, 0.15) is 22.8 Å². The lowest BCUT2D eigenvalue weighted by atomic mass is 10.1. The Morgan fingerprint density at radius 2 is 1.83 bits per heavy atom. The average molecular weight is 514 g/mol. The molecule has 186 valence electrons. The summed E-state index contributed by atoms with van der Waals surface area (Å²) in [6, 6.07) is 13.4. The molecule has 0 radical (unpaired) electrons. The SMILES string of the molecule is CCN1CCN(c2ccc(NC(=O)c3ccc(C)c(NC4=N[C@@H]5CS(=O)(=O)C[C@H]5S4)c3)cc2)CC1. The Hall–Kier alpha value is -2.56. The number of hydrogen-bond donors (Lipinski definition) is 2. The van der Waals surface area contributed by atoms with Gasteiger partial charge in [-0.25, -0.2) is 8.42 Å². The monoisotopic (exact) mass is 513 g/mol. The zero-order chi connectivity index (χ0) is 24.6. The minimum Gasteiger partial charge on any atom is -0.369 e. The highest BCUT2D eigenvalue weighted by molar-refractivity contribution is 8.15. The number of anilines is 3. The minimum atomic E-state index is -2.98. The van der Waals surface area contributed by atoms with Gasteiger partial charge in [-0.1, -0.05) is 24.8 Å². The van der Waals surface area contributed by atoms with Crippen molar-refractivity contribution in [3.05, 3.63) is 53.6 Å². The lowest BCUT2D eigenvalue weighted by Gasteiger charge is -2.35. The Morgan fingerprint density at radius 3 is 2.51 bits per heavy atom. The van der Waals surface area contributed by atoms with E-state index in [1.165, 1.54) is 17.4 Å². The molecule has 0 aromatic heterocycles. The predicted octanol–water partition coefficient (Wildman–Crippen LogP) is 3.07. The number of benzene rings is 2. The van der Waals surface area contributed by atoms with Crippen molar-refractivity contribution >= 4 is 49.7 Å². The molecule has 3 aliphatic rings. The maximum Gasteiger partial charge on any atom is 0.255 e. The van der Waals surface area contributed by atoms with E-state index >= 15 is 0 Å². The van der Waals surface area contributed by atoms with Crippen molar-refractivity contribution in [2.24, 2.45) is 4.99 Å². The van der Waals surface area contributed by atoms with E-state index in [2.05, 4.69) is 44.5 Å². The summed E-state index contributed by atoms with van der Waals surface area (Å²) in [4.78, 5) is 22.3. The second-order valence-electron chi connectivity index (χ2n) is 9.31. The van der Waals surface area contributed by atoms with Crippen LogP contribution in [0.5, 0.6) is 0 Å². The van der Waals surface area contributed by atoms with E-state index in [0.29, 0.717) is 10.7 Å². The molecule has 0 spiro atoms. The second kappa shape index (κ2) is 9.83. The predicted molar refractivity (Wildman–Crippen MR) is 145 cm³/mol. The van der Waals surface area contributed by atoms with Gasteiger partial charge in [0.15, 0.2) is 15.0 Å². The number of nitrogens with one attached hydrogen (secondary N) is 2. The number of piperazine rings is 1. The maximum atomic E-state index is 12.9. The number of rotatable bonds is 5. The summed E-state index contributed by atoms with van der Waals surface area (Å²) in [7, 11) is -2.98. The summed E-state index contributed by atoms with van der Waals surface area (Å²) in [5.41, 5.74) is 4.26. The van der Waals surface area contributed by atoms with Gasteiger partial charge >= 0.3 is 0 Å². The Balaban J connectivity index is 1.22. The van der Waals surface area contributed by atoms with Gasteiger partial charge in [-0.05, 0) is 55.4 Å². The van der Waals surface area contributed by atoms with Crippen molar-refractivity contribution in [3.8, 4) is 0 Å². The van der Waals surface area contributed by atoms with E-state index in [1.807, 2.05) is 37.3 Å². The molecule has 0 bridgehead atoms. The van der Waals surface area contributed by atoms with Crippen LogP contribution in [0.3, 0.4) is 0 Å². The fourth-order valence-electron chi connectivity index (χ4n) is 4.71. The molecular weight excluding hydrogens is 482 g/mol. The highest BCUT2D eigenvalue weighted by atomic mass is 32.2. The number of carbonyl (C=O) groups is 1. The first-order valence-corrected chi connectivity index (χ1v) is 14.7. The van der Waals surface area contributed by atoms with E-state index in [9.17, 15) is 13.2 Å². The topological polar surface area (TPSA) is 94.1 Å². The Labute approximate surface area is 211 Å². The Morgan fingerprint density at radius 1 is 1.09 bits per heavy atom. The average Bonchev–Trinajstić information content (AvgIpc) is 3.33. The number of likely N-dealkylation sites (N-methyl/N-ethyl adjacent to an activating group) is 1. The fourth-order valence-corrected chi connectivity index (χ4v) is 8.38. The number of thioether (sulfide) groups is 1. The summed E-state index contributed by atoms with van der Waals surface area (Å²) < 4.78 is 23.6. The molecule has 2 fully saturated rings. The van der Waals surface area contributed by atoms with Crippen molar-refractivity contribution in [1.29, 1.82) is 0 Å². The molecule has 10 heteroatoms. The van der Waals surface area contributed by atoms with Crippen molar-refractivity contribution in [3.63, 3.8) is 0 Å². The zero-order valence-electron chi connectivity index (χ0n) is 20.0. The molecular formula is C25H31N5O3S2. The van der Waals surface area contributed by atoms with Gasteiger partial charge < -0.3 is 20.4 Å². The van der Waals surface area contributed by atoms with Crippen molar-refractivity contribution < 1.29 is 13.2 Å². The van der Waals surface area contributed by atoms with E-state index in [-0.39, 0.29) is 28.7 Å². The van der Waals surface area contributed by atoms with Crippen LogP contribution >= 0.6 is 11.8 Å². The van der Waals surface area contributed by atoms with Gasteiger partial charge in [-0.15, -0.1) is 0 Å². The van der Waals surface area contributed by atoms with Gasteiger partial charge in [-0.3, -0.25) is 9.79 Å². The molecule has 1 amide bonds. The van der Waals surface area contributed by atoms with E-state index in [0.717, 1.165) is 49.7 Å². The number of amides is 1. The quantitative estimate of drug-likeness (QED) is 0.635. The zero-order valence-corrected chi connectivity index (χ0v) is 21.7. The van der Waals surface area contributed by atoms with Gasteiger partial charge in [0.05, 0.1) is 17.5 Å². The fraction of sp³-hybridized carbons (Fsp3) is 0.440. The van der Waals surface area contributed by atoms with Crippen LogP contribution in [0, 0.1) is 6.92 Å². The summed E-state index contributed by atoms with van der Waals surface area (Å²) in [6.07, 6.45) is 0. The van der Waals surface area contributed by atoms with Gasteiger partial charge in [0.2, 0.25) is 0 Å². The van der Waals surface area contributed by atoms with E-state index in [1.54, 1.807) is 0 Å². The molecule has 2 aromatic carbocycles. The van der Waals surface area contributed by atoms with E-state index < -0.39 is 9.84 Å². The number of nitrogens with zero attached hydrogens (tertiary/aromatic N) is 3. The number of aryl methyl sites for hydroxylation is 1. The van der Waals surface area contributed by atoms with Crippen LogP contribution in [0.4, 0.5) is 17.1 Å². The van der Waals surface area contributed by atoms with Gasteiger partial charge in [0, 0.05) is 54.1 Å². The number of amidine groups is 1. The molecule has 0 aliphatic carbocycles. The summed E-state index contributed by atoms with van der Waals surface area (Å²) in [5, 5.41) is 6.99. The van der Waals surface area contributed by atoms with Crippen LogP contribution in [0.2, 0.25) is 0 Å². The Kier molecular flexibility index (Phi) is 6.78. The first-order valence-electron chi connectivity index (χ1n) is 12.0. The third-order valence-electron chi connectivity index (χ3n) is 6.87. The molecule has 5 rings (SSSR count). The van der Waals surface area contributed by atoms with Crippen LogP contribution in [0.15, 0.2) is 47.5 Å². The molecule has 3 heterocycles. The first-order chi connectivity index (χ1) is 16.8. The lowest BCUT2D eigenvalue weighted by Crippen LogP contribution is -2.46. The molecule has 8 nitrogen and oxygen atoms in total. The number of sulfone groups is 1. The largest absolute Gasteiger partial charge is 0.369 e. The van der Waals surface area contributed by atoms with Gasteiger partial charge in [0.1, 0.15) is 0 Å². The van der Waals surface area contributed by atoms with Crippen LogP contribution in [-0.2, 0) is 9.84 Å². The molecule has 0 unspecified atom stereocenters. The standard InChI is InChI=1S/C25H31N5O3S2/c1-3-29-10-12-30(13-11-29)20-8-6-19(7-9-20)26-24(31)18-5-4-17(2)21(14-18)27-25-28-22-15-35(32,33)16-23(22)34-25/h4-9,14,22-23H,3,10-13,15-16H2,1-2H3,(H,26,31)(H,27,28)/t22-,23-/m1/s1. The smallest absolute Gasteiger partial charge is 0.255 e. The number of fused-ring (bicyclic) bond motifs is 1. The molecule has 2 atom stereocenters. The summed E-state index contributed by atoms with van der Waals surface area (Å²) in [6.45, 7) is 9.43. The molecule has 0 saturated carbocycles. The van der Waals surface area contributed by atoms with Gasteiger partial charge in [-0.2, -0.15) is 0 Å². The first kappa shape index (κ1) is 24.1. The van der Waals surface area contributed by atoms with Gasteiger partial charge in [0.25, 0.3) is 5.91 Å². The second-order valence-corrected chi connectivity index (χ2v) is 12.7. The summed E-state index contributed by atoms with van der Waals surface area (Å²) in [5.74, 6) is 0.110. The van der Waals surface area contributed by atoms with E-state index in [4.69, 9.17) is 0 Å². The highest BCUT2D eigenvalue weighted by Gasteiger charge is 2.42. The van der Waals surface area contributed by atoms with Crippen LogP contribution in [-0.4, -0.2) is 79.9 Å². The third kappa shape index (κ3) is 5.49. The molecule has 3 aliphatic heterocycles. The lowest BCUT2D eigenvalue weighted by molar-refractivity contribution is 0.102. The minimum absolute atomic E-state index is 0.0206. The van der Waals surface area contributed by atoms with Crippen molar-refractivity contribution in [2.75, 3.05) is 59.8 Å². The normalized spacial score (nSPS) is 23.6. The third-order valence-corrected chi connectivity index (χ3v) is 10.0. The van der Waals surface area contributed by atoms with Crippen molar-refractivity contribution in [2.45, 2.75) is 25.1 Å². The number of aliphatic imine (C=N–C) groups is 1. The highest BCUT2D eigenvalue weighted by Crippen LogP contribution is 2.35. The molecule has 2 aromatic rings. The Bertz CT molecular complexity index is 1240. The van der Waals surface area contributed by atoms with Crippen LogP contribution in [0.25, 0.3) is 0 Å². The van der Waals surface area contributed by atoms with Crippen LogP contribution < -0.4 is 15.5 Å².